The van der Waals surface area contributed by atoms with Gasteiger partial charge in [0.1, 0.15) is 5.69 Å². The van der Waals surface area contributed by atoms with Gasteiger partial charge in [0.25, 0.3) is 5.89 Å². The average Bonchev–Trinajstić information content (AvgIpc) is 3.11. The highest BCUT2D eigenvalue weighted by Crippen LogP contribution is 2.13. The first-order valence-corrected chi connectivity index (χ1v) is 7.53. The minimum absolute atomic E-state index is 0.338. The average molecular weight is 334 g/mol. The van der Waals surface area contributed by atoms with Gasteiger partial charge in [-0.2, -0.15) is 10.2 Å². The molecular weight excluding hydrogens is 320 g/mol. The van der Waals surface area contributed by atoms with Crippen LogP contribution < -0.4 is 10.6 Å². The van der Waals surface area contributed by atoms with Crippen LogP contribution in [-0.4, -0.2) is 27.7 Å². The Bertz CT molecular complexity index is 901. The van der Waals surface area contributed by atoms with Gasteiger partial charge in [-0.3, -0.25) is 4.98 Å². The fraction of sp³-hybridized carbons (Fsp3) is 0.118. The second-order valence-corrected chi connectivity index (χ2v) is 5.05. The van der Waals surface area contributed by atoms with Crippen LogP contribution in [0.1, 0.15) is 11.4 Å². The molecule has 0 unspecified atom stereocenters. The summed E-state index contributed by atoms with van der Waals surface area (Å²) in [5, 5.41) is 18.1. The van der Waals surface area contributed by atoms with Crippen LogP contribution in [0.2, 0.25) is 0 Å². The van der Waals surface area contributed by atoms with Crippen LogP contribution in [0.4, 0.5) is 10.5 Å². The minimum atomic E-state index is -0.372. The van der Waals surface area contributed by atoms with E-state index < -0.39 is 0 Å². The molecule has 0 fully saturated rings. The maximum atomic E-state index is 11.8. The van der Waals surface area contributed by atoms with Crippen molar-refractivity contribution in [3.63, 3.8) is 0 Å². The summed E-state index contributed by atoms with van der Waals surface area (Å²) in [5.74, 6) is 0.820. The highest BCUT2D eigenvalue weighted by molar-refractivity contribution is 5.89. The largest absolute Gasteiger partial charge is 0.337 e. The monoisotopic (exact) mass is 334 g/mol. The maximum Gasteiger partial charge on any atom is 0.319 e. The van der Waals surface area contributed by atoms with E-state index in [0.29, 0.717) is 41.6 Å². The normalized spacial score (nSPS) is 10.0. The molecule has 0 saturated heterocycles. The van der Waals surface area contributed by atoms with Crippen molar-refractivity contribution in [3.8, 4) is 17.7 Å². The maximum absolute atomic E-state index is 11.8. The number of amides is 2. The van der Waals surface area contributed by atoms with E-state index in [0.717, 1.165) is 0 Å². The van der Waals surface area contributed by atoms with Gasteiger partial charge < -0.3 is 15.2 Å². The van der Waals surface area contributed by atoms with E-state index in [1.807, 2.05) is 12.1 Å². The number of nitriles is 1. The van der Waals surface area contributed by atoms with Gasteiger partial charge in [-0.25, -0.2) is 4.79 Å². The Morgan fingerprint density at radius 1 is 1.24 bits per heavy atom. The molecule has 1 aromatic carbocycles. The number of anilines is 1. The fourth-order valence-electron chi connectivity index (χ4n) is 2.08. The summed E-state index contributed by atoms with van der Waals surface area (Å²) >= 11 is 0. The van der Waals surface area contributed by atoms with Gasteiger partial charge in [-0.15, -0.1) is 0 Å². The number of urea groups is 1. The molecule has 2 aromatic heterocycles. The molecule has 0 spiro atoms. The Morgan fingerprint density at radius 3 is 2.96 bits per heavy atom. The van der Waals surface area contributed by atoms with Crippen molar-refractivity contribution in [1.29, 1.82) is 5.26 Å². The predicted octanol–water partition coefficient (Wildman–Crippen LogP) is 2.37. The number of rotatable bonds is 5. The first-order valence-electron chi connectivity index (χ1n) is 7.53. The minimum Gasteiger partial charge on any atom is -0.337 e. The van der Waals surface area contributed by atoms with E-state index in [1.54, 1.807) is 42.6 Å². The van der Waals surface area contributed by atoms with E-state index in [1.165, 1.54) is 0 Å². The number of benzene rings is 1. The Morgan fingerprint density at radius 2 is 2.16 bits per heavy atom. The molecule has 3 rings (SSSR count). The quantitative estimate of drug-likeness (QED) is 0.740. The summed E-state index contributed by atoms with van der Waals surface area (Å²) in [6.07, 6.45) is 2.06. The van der Waals surface area contributed by atoms with Crippen LogP contribution in [0, 0.1) is 11.3 Å². The van der Waals surface area contributed by atoms with E-state index in [9.17, 15) is 4.79 Å². The number of hydrogen-bond acceptors (Lipinski definition) is 6. The fourth-order valence-corrected chi connectivity index (χ4v) is 2.08. The zero-order valence-corrected chi connectivity index (χ0v) is 13.1. The van der Waals surface area contributed by atoms with Crippen LogP contribution >= 0.6 is 0 Å². The van der Waals surface area contributed by atoms with Gasteiger partial charge in [-0.1, -0.05) is 17.3 Å². The van der Waals surface area contributed by atoms with Gasteiger partial charge in [0.15, 0.2) is 5.82 Å². The van der Waals surface area contributed by atoms with Crippen LogP contribution in [0.15, 0.2) is 53.2 Å². The Hall–Kier alpha value is -3.73. The summed E-state index contributed by atoms with van der Waals surface area (Å²) in [6.45, 7) is 0.338. The van der Waals surface area contributed by atoms with E-state index in [-0.39, 0.29) is 6.03 Å². The molecule has 0 atom stereocenters. The molecular formula is C17H14N6O2. The molecule has 8 heteroatoms. The zero-order chi connectivity index (χ0) is 17.5. The van der Waals surface area contributed by atoms with Crippen molar-refractivity contribution in [2.24, 2.45) is 0 Å². The molecule has 2 N–H and O–H groups in total. The van der Waals surface area contributed by atoms with Crippen LogP contribution in [-0.2, 0) is 6.42 Å². The molecule has 0 bridgehead atoms. The molecule has 0 aliphatic carbocycles. The first-order chi connectivity index (χ1) is 12.2. The van der Waals surface area contributed by atoms with Gasteiger partial charge >= 0.3 is 6.03 Å². The van der Waals surface area contributed by atoms with Crippen LogP contribution in [0.3, 0.4) is 0 Å². The number of pyridine rings is 1. The number of nitrogens with zero attached hydrogens (tertiary/aromatic N) is 4. The molecule has 0 saturated carbocycles. The first kappa shape index (κ1) is 16.1. The van der Waals surface area contributed by atoms with Crippen LogP contribution in [0.5, 0.6) is 0 Å². The smallest absolute Gasteiger partial charge is 0.319 e. The third kappa shape index (κ3) is 4.39. The molecule has 124 valence electrons. The molecule has 3 aromatic rings. The molecule has 0 aliphatic heterocycles. The Balaban J connectivity index is 1.49. The van der Waals surface area contributed by atoms with Crippen LogP contribution in [0.25, 0.3) is 11.6 Å². The molecule has 0 aliphatic rings. The predicted molar refractivity (Wildman–Crippen MR) is 89.4 cm³/mol. The van der Waals surface area contributed by atoms with E-state index in [2.05, 4.69) is 25.8 Å². The molecule has 8 nitrogen and oxygen atoms in total. The Labute approximate surface area is 143 Å². The highest BCUT2D eigenvalue weighted by atomic mass is 16.5. The second kappa shape index (κ2) is 7.70. The van der Waals surface area contributed by atoms with E-state index >= 15 is 0 Å². The summed E-state index contributed by atoms with van der Waals surface area (Å²) in [4.78, 5) is 20.2. The summed E-state index contributed by atoms with van der Waals surface area (Å²) in [5.41, 5.74) is 1.63. The topological polar surface area (TPSA) is 117 Å². The Kier molecular flexibility index (Phi) is 4.97. The van der Waals surface area contributed by atoms with Gasteiger partial charge in [0.05, 0.1) is 11.6 Å². The summed E-state index contributed by atoms with van der Waals surface area (Å²) in [6, 6.07) is 13.7. The lowest BCUT2D eigenvalue weighted by Crippen LogP contribution is -2.30. The van der Waals surface area contributed by atoms with Crippen molar-refractivity contribution >= 4 is 11.7 Å². The van der Waals surface area contributed by atoms with Gasteiger partial charge in [-0.05, 0) is 30.3 Å². The van der Waals surface area contributed by atoms with Gasteiger partial charge in [0.2, 0.25) is 0 Å². The number of aromatic nitrogens is 3. The number of hydrogen-bond donors (Lipinski definition) is 2. The molecule has 2 heterocycles. The zero-order valence-electron chi connectivity index (χ0n) is 13.1. The standard InChI is InChI=1S/C17H14N6O2/c18-11-12-4-3-5-13(10-12)21-17(24)20-9-7-15-22-16(25-23-15)14-6-1-2-8-19-14/h1-6,8,10H,7,9H2,(H2,20,21,24). The SMILES string of the molecule is N#Cc1cccc(NC(=O)NCCc2noc(-c3ccccn3)n2)c1. The third-order valence-corrected chi connectivity index (χ3v) is 3.24. The highest BCUT2D eigenvalue weighted by Gasteiger charge is 2.10. The van der Waals surface area contributed by atoms with E-state index in [4.69, 9.17) is 9.78 Å². The second-order valence-electron chi connectivity index (χ2n) is 5.05. The molecule has 2 amide bonds. The van der Waals surface area contributed by atoms with Crippen molar-refractivity contribution in [3.05, 3.63) is 60.0 Å². The number of carbonyl (C=O) groups is 1. The lowest BCUT2D eigenvalue weighted by molar-refractivity contribution is 0.252. The number of nitrogens with one attached hydrogen (secondary N) is 2. The summed E-state index contributed by atoms with van der Waals surface area (Å²) in [7, 11) is 0. The van der Waals surface area contributed by atoms with Crippen molar-refractivity contribution in [2.45, 2.75) is 6.42 Å². The lowest BCUT2D eigenvalue weighted by atomic mass is 10.2. The number of carbonyl (C=O) groups excluding carboxylic acids is 1. The lowest BCUT2D eigenvalue weighted by Gasteiger charge is -2.06. The van der Waals surface area contributed by atoms with Gasteiger partial charge in [0, 0.05) is 24.8 Å². The third-order valence-electron chi connectivity index (χ3n) is 3.24. The molecule has 0 radical (unpaired) electrons. The summed E-state index contributed by atoms with van der Waals surface area (Å²) < 4.78 is 5.15. The van der Waals surface area contributed by atoms with Crippen molar-refractivity contribution < 1.29 is 9.32 Å². The van der Waals surface area contributed by atoms with Crippen molar-refractivity contribution in [2.75, 3.05) is 11.9 Å². The molecule has 25 heavy (non-hydrogen) atoms. The van der Waals surface area contributed by atoms with Crippen molar-refractivity contribution in [1.82, 2.24) is 20.4 Å².